The van der Waals surface area contributed by atoms with Gasteiger partial charge in [0.25, 0.3) is 0 Å². The van der Waals surface area contributed by atoms with Gasteiger partial charge in [0.05, 0.1) is 6.54 Å². The number of benzene rings is 1. The normalized spacial score (nSPS) is 10.9. The van der Waals surface area contributed by atoms with Crippen molar-refractivity contribution in [2.24, 2.45) is 4.99 Å². The molecule has 0 aliphatic rings. The molecule has 0 fully saturated rings. The predicted octanol–water partition coefficient (Wildman–Crippen LogP) is 3.57. The zero-order chi connectivity index (χ0) is 15.7. The summed E-state index contributed by atoms with van der Waals surface area (Å²) in [5.41, 5.74) is 2.45. The largest absolute Gasteiger partial charge is 0.378 e. The van der Waals surface area contributed by atoms with Gasteiger partial charge in [-0.1, -0.05) is 25.5 Å². The molecule has 0 atom stereocenters. The second-order valence-corrected chi connectivity index (χ2v) is 5.51. The molecule has 0 amide bonds. The van der Waals surface area contributed by atoms with Crippen LogP contribution in [0, 0.1) is 0 Å². The molecule has 0 saturated carbocycles. The summed E-state index contributed by atoms with van der Waals surface area (Å²) >= 11 is 0. The van der Waals surface area contributed by atoms with Crippen LogP contribution >= 0.6 is 24.0 Å². The monoisotopic (exact) mass is 418 g/mol. The Morgan fingerprint density at radius 3 is 2.23 bits per heavy atom. The molecule has 0 unspecified atom stereocenters. The Morgan fingerprint density at radius 1 is 1.09 bits per heavy atom. The van der Waals surface area contributed by atoms with E-state index in [1.807, 2.05) is 0 Å². The smallest absolute Gasteiger partial charge is 0.193 e. The molecule has 0 saturated heterocycles. The molecule has 4 nitrogen and oxygen atoms in total. The lowest BCUT2D eigenvalue weighted by Gasteiger charge is -2.21. The highest BCUT2D eigenvalue weighted by molar-refractivity contribution is 14.0. The van der Waals surface area contributed by atoms with E-state index in [0.29, 0.717) is 6.54 Å². The van der Waals surface area contributed by atoms with Crippen molar-refractivity contribution in [1.29, 1.82) is 0 Å². The molecule has 0 aromatic heterocycles. The zero-order valence-electron chi connectivity index (χ0n) is 14.6. The molecule has 1 aromatic carbocycles. The van der Waals surface area contributed by atoms with E-state index in [1.165, 1.54) is 24.1 Å². The van der Waals surface area contributed by atoms with Crippen LogP contribution in [0.25, 0.3) is 0 Å². The highest BCUT2D eigenvalue weighted by atomic mass is 127. The Morgan fingerprint density at radius 2 is 1.73 bits per heavy atom. The fraction of sp³-hybridized carbons (Fsp3) is 0.588. The van der Waals surface area contributed by atoms with Crippen molar-refractivity contribution in [3.63, 3.8) is 0 Å². The van der Waals surface area contributed by atoms with Crippen molar-refractivity contribution in [2.45, 2.75) is 33.2 Å². The van der Waals surface area contributed by atoms with Gasteiger partial charge in [0.1, 0.15) is 0 Å². The average molecular weight is 418 g/mol. The third-order valence-electron chi connectivity index (χ3n) is 3.41. The van der Waals surface area contributed by atoms with Crippen LogP contribution in [-0.4, -0.2) is 45.1 Å². The van der Waals surface area contributed by atoms with Crippen molar-refractivity contribution in [1.82, 2.24) is 10.2 Å². The van der Waals surface area contributed by atoms with Crippen LogP contribution < -0.4 is 10.2 Å². The SMILES string of the molecule is CCCCN(C)C(=NCc1ccc(N(C)C)cc1)NCC.I. The molecule has 0 bridgehead atoms. The zero-order valence-corrected chi connectivity index (χ0v) is 16.9. The van der Waals surface area contributed by atoms with Crippen molar-refractivity contribution in [2.75, 3.05) is 39.1 Å². The summed E-state index contributed by atoms with van der Waals surface area (Å²) in [5.74, 6) is 0.989. The minimum absolute atomic E-state index is 0. The van der Waals surface area contributed by atoms with Crippen LogP contribution in [0.3, 0.4) is 0 Å². The highest BCUT2D eigenvalue weighted by Crippen LogP contribution is 2.12. The maximum absolute atomic E-state index is 4.73. The van der Waals surface area contributed by atoms with E-state index in [-0.39, 0.29) is 24.0 Å². The van der Waals surface area contributed by atoms with Gasteiger partial charge in [0, 0.05) is 39.9 Å². The van der Waals surface area contributed by atoms with Crippen molar-refractivity contribution < 1.29 is 0 Å². The molecular formula is C17H31IN4. The number of unbranched alkanes of at least 4 members (excludes halogenated alkanes) is 1. The average Bonchev–Trinajstić information content (AvgIpc) is 2.49. The van der Waals surface area contributed by atoms with E-state index < -0.39 is 0 Å². The maximum Gasteiger partial charge on any atom is 0.193 e. The van der Waals surface area contributed by atoms with Crippen molar-refractivity contribution >= 4 is 35.6 Å². The van der Waals surface area contributed by atoms with E-state index in [0.717, 1.165) is 19.0 Å². The molecule has 0 radical (unpaired) electrons. The van der Waals surface area contributed by atoms with E-state index >= 15 is 0 Å². The van der Waals surface area contributed by atoms with Gasteiger partial charge in [-0.05, 0) is 31.0 Å². The Labute approximate surface area is 153 Å². The third-order valence-corrected chi connectivity index (χ3v) is 3.41. The molecule has 22 heavy (non-hydrogen) atoms. The molecule has 0 spiro atoms. The fourth-order valence-corrected chi connectivity index (χ4v) is 2.04. The van der Waals surface area contributed by atoms with Gasteiger partial charge < -0.3 is 15.1 Å². The second-order valence-electron chi connectivity index (χ2n) is 5.51. The number of anilines is 1. The standard InChI is InChI=1S/C17H30N4.HI/c1-6-8-13-21(5)17(18-7-2)19-14-15-9-11-16(12-10-15)20(3)4;/h9-12H,6-8,13-14H2,1-5H3,(H,18,19);1H. The van der Waals surface area contributed by atoms with Crippen LogP contribution in [0.1, 0.15) is 32.3 Å². The quantitative estimate of drug-likeness (QED) is 0.417. The first-order chi connectivity index (χ1) is 10.1. The number of aliphatic imine (C=N–C) groups is 1. The molecule has 0 aliphatic carbocycles. The molecule has 1 aromatic rings. The van der Waals surface area contributed by atoms with E-state index in [4.69, 9.17) is 4.99 Å². The Bertz CT molecular complexity index is 429. The summed E-state index contributed by atoms with van der Waals surface area (Å²) in [7, 11) is 6.21. The predicted molar refractivity (Wildman–Crippen MR) is 109 cm³/mol. The minimum Gasteiger partial charge on any atom is -0.378 e. The van der Waals surface area contributed by atoms with Crippen LogP contribution in [-0.2, 0) is 6.54 Å². The van der Waals surface area contributed by atoms with Gasteiger partial charge in [-0.2, -0.15) is 0 Å². The molecule has 0 aliphatic heterocycles. The third kappa shape index (κ3) is 7.33. The Balaban J connectivity index is 0.00000441. The van der Waals surface area contributed by atoms with Crippen molar-refractivity contribution in [3.8, 4) is 0 Å². The number of nitrogens with zero attached hydrogens (tertiary/aromatic N) is 3. The molecule has 0 heterocycles. The van der Waals surface area contributed by atoms with E-state index in [2.05, 4.69) is 74.4 Å². The Hall–Kier alpha value is -0.980. The van der Waals surface area contributed by atoms with Gasteiger partial charge >= 0.3 is 0 Å². The molecule has 126 valence electrons. The van der Waals surface area contributed by atoms with Gasteiger partial charge in [-0.25, -0.2) is 4.99 Å². The first kappa shape index (κ1) is 21.0. The highest BCUT2D eigenvalue weighted by Gasteiger charge is 2.04. The molecule has 5 heteroatoms. The van der Waals surface area contributed by atoms with Crippen LogP contribution in [0.4, 0.5) is 5.69 Å². The first-order valence-corrected chi connectivity index (χ1v) is 7.84. The number of hydrogen-bond acceptors (Lipinski definition) is 2. The van der Waals surface area contributed by atoms with Crippen LogP contribution in [0.15, 0.2) is 29.3 Å². The molecule has 1 N–H and O–H groups in total. The minimum atomic E-state index is 0. The van der Waals surface area contributed by atoms with E-state index in [9.17, 15) is 0 Å². The lowest BCUT2D eigenvalue weighted by atomic mass is 10.2. The summed E-state index contributed by atoms with van der Waals surface area (Å²) in [6.45, 7) is 6.97. The molecular weight excluding hydrogens is 387 g/mol. The summed E-state index contributed by atoms with van der Waals surface area (Å²) in [5, 5.41) is 3.36. The summed E-state index contributed by atoms with van der Waals surface area (Å²) in [4.78, 5) is 9.05. The molecule has 1 rings (SSSR count). The van der Waals surface area contributed by atoms with Gasteiger partial charge in [-0.3, -0.25) is 0 Å². The summed E-state index contributed by atoms with van der Waals surface area (Å²) < 4.78 is 0. The van der Waals surface area contributed by atoms with E-state index in [1.54, 1.807) is 0 Å². The number of nitrogens with one attached hydrogen (secondary N) is 1. The number of halogens is 1. The lowest BCUT2D eigenvalue weighted by molar-refractivity contribution is 0.465. The van der Waals surface area contributed by atoms with Gasteiger partial charge in [0.15, 0.2) is 5.96 Å². The van der Waals surface area contributed by atoms with Crippen LogP contribution in [0.2, 0.25) is 0 Å². The summed E-state index contributed by atoms with van der Waals surface area (Å²) in [6, 6.07) is 8.57. The lowest BCUT2D eigenvalue weighted by Crippen LogP contribution is -2.39. The van der Waals surface area contributed by atoms with Crippen LogP contribution in [0.5, 0.6) is 0 Å². The van der Waals surface area contributed by atoms with Crippen molar-refractivity contribution in [3.05, 3.63) is 29.8 Å². The number of guanidine groups is 1. The first-order valence-electron chi connectivity index (χ1n) is 7.84. The maximum atomic E-state index is 4.73. The van der Waals surface area contributed by atoms with Gasteiger partial charge in [-0.15, -0.1) is 24.0 Å². The second kappa shape index (κ2) is 11.6. The number of hydrogen-bond donors (Lipinski definition) is 1. The Kier molecular flexibility index (Phi) is 11.1. The topological polar surface area (TPSA) is 30.9 Å². The number of rotatable bonds is 7. The summed E-state index contributed by atoms with van der Waals surface area (Å²) in [6.07, 6.45) is 2.40. The van der Waals surface area contributed by atoms with Gasteiger partial charge in [0.2, 0.25) is 0 Å². The fourth-order valence-electron chi connectivity index (χ4n) is 2.04.